The van der Waals surface area contributed by atoms with E-state index in [0.717, 1.165) is 48.3 Å². The molecule has 37 heavy (non-hydrogen) atoms. The fourth-order valence-electron chi connectivity index (χ4n) is 4.56. The van der Waals surface area contributed by atoms with Crippen LogP contribution < -0.4 is 10.6 Å². The molecule has 0 aromatic heterocycles. The van der Waals surface area contributed by atoms with Crippen molar-refractivity contribution in [2.24, 2.45) is 0 Å². The zero-order chi connectivity index (χ0) is 27.2. The van der Waals surface area contributed by atoms with Gasteiger partial charge in [0.05, 0.1) is 11.1 Å². The molecule has 1 unspecified atom stereocenters. The smallest absolute Gasteiger partial charge is 0.407 e. The van der Waals surface area contributed by atoms with Crippen molar-refractivity contribution in [1.82, 2.24) is 15.1 Å². The number of unbranched alkanes of at least 4 members (excludes halogenated alkanes) is 5. The van der Waals surface area contributed by atoms with Gasteiger partial charge in [-0.2, -0.15) is 0 Å². The van der Waals surface area contributed by atoms with Gasteiger partial charge in [0, 0.05) is 32.2 Å². The molecule has 1 saturated heterocycles. The third-order valence-electron chi connectivity index (χ3n) is 6.47. The Morgan fingerprint density at radius 2 is 1.62 bits per heavy atom. The number of carbonyl (C=O) groups is 5. The van der Waals surface area contributed by atoms with Crippen molar-refractivity contribution < 1.29 is 28.7 Å². The Bertz CT molecular complexity index is 1050. The van der Waals surface area contributed by atoms with Gasteiger partial charge in [0.15, 0.2) is 0 Å². The molecule has 0 saturated carbocycles. The second-order valence-corrected chi connectivity index (χ2v) is 10.5. The van der Waals surface area contributed by atoms with E-state index in [9.17, 15) is 24.0 Å². The summed E-state index contributed by atoms with van der Waals surface area (Å²) in [7, 11) is 1.38. The number of nitrogens with zero attached hydrogens (tertiary/aromatic N) is 2. The minimum absolute atomic E-state index is 0.117. The van der Waals surface area contributed by atoms with Crippen LogP contribution in [0.1, 0.15) is 92.9 Å². The van der Waals surface area contributed by atoms with Gasteiger partial charge in [-0.3, -0.25) is 29.0 Å². The molecule has 0 bridgehead atoms. The molecule has 2 aliphatic rings. The standard InChI is InChI=1S/C27H38N4O6/c1-27(2,3)37-26(36)29-17-10-8-6-5-7-9-16-28-19-13-11-12-18-22(19)25(35)31(23(18)33)20-14-15-21(32)30(4)24(20)34/h11-13,20,28H,5-10,14-17H2,1-4H3,(H,29,36). The van der Waals surface area contributed by atoms with Crippen molar-refractivity contribution in [1.29, 1.82) is 0 Å². The summed E-state index contributed by atoms with van der Waals surface area (Å²) in [6.07, 6.45) is 5.82. The highest BCUT2D eigenvalue weighted by atomic mass is 16.6. The number of piperidine rings is 1. The number of carbonyl (C=O) groups excluding carboxylic acids is 5. The third-order valence-corrected chi connectivity index (χ3v) is 6.47. The van der Waals surface area contributed by atoms with Crippen LogP contribution in [0.2, 0.25) is 0 Å². The van der Waals surface area contributed by atoms with Gasteiger partial charge in [-0.15, -0.1) is 0 Å². The first-order chi connectivity index (χ1) is 17.5. The number of imide groups is 2. The minimum atomic E-state index is -0.956. The minimum Gasteiger partial charge on any atom is -0.444 e. The van der Waals surface area contributed by atoms with Crippen LogP contribution in [-0.4, -0.2) is 71.3 Å². The summed E-state index contributed by atoms with van der Waals surface area (Å²) in [4.78, 5) is 64.3. The van der Waals surface area contributed by atoms with Crippen LogP contribution in [0, 0.1) is 0 Å². The number of rotatable bonds is 11. The first kappa shape index (κ1) is 28.1. The number of hydrogen-bond donors (Lipinski definition) is 2. The maximum atomic E-state index is 13.2. The molecule has 3 rings (SSSR count). The van der Waals surface area contributed by atoms with Crippen LogP contribution in [0.15, 0.2) is 18.2 Å². The number of benzene rings is 1. The molecule has 10 nitrogen and oxygen atoms in total. The summed E-state index contributed by atoms with van der Waals surface area (Å²) >= 11 is 0. The summed E-state index contributed by atoms with van der Waals surface area (Å²) in [6.45, 7) is 6.75. The number of fused-ring (bicyclic) bond motifs is 1. The van der Waals surface area contributed by atoms with Gasteiger partial charge >= 0.3 is 6.09 Å². The first-order valence-electron chi connectivity index (χ1n) is 13.0. The van der Waals surface area contributed by atoms with Crippen LogP contribution in [0.25, 0.3) is 0 Å². The highest BCUT2D eigenvalue weighted by Gasteiger charge is 2.47. The van der Waals surface area contributed by atoms with Crippen molar-refractivity contribution in [3.63, 3.8) is 0 Å². The third kappa shape index (κ3) is 7.08. The predicted molar refractivity (Wildman–Crippen MR) is 138 cm³/mol. The van der Waals surface area contributed by atoms with E-state index in [1.807, 2.05) is 20.8 Å². The lowest BCUT2D eigenvalue weighted by Gasteiger charge is -2.32. The summed E-state index contributed by atoms with van der Waals surface area (Å²) in [5.74, 6) is -1.83. The zero-order valence-corrected chi connectivity index (χ0v) is 22.2. The SMILES string of the molecule is CN1C(=O)CCC(N2C(=O)c3cccc(NCCCCCCCCNC(=O)OC(C)(C)C)c3C2=O)C1=O. The van der Waals surface area contributed by atoms with Crippen molar-refractivity contribution in [2.45, 2.75) is 83.8 Å². The number of likely N-dealkylation sites (N-methyl/N-ethyl adjacent to an activating group) is 1. The second kappa shape index (κ2) is 12.2. The van der Waals surface area contributed by atoms with E-state index < -0.39 is 29.4 Å². The summed E-state index contributed by atoms with van der Waals surface area (Å²) < 4.78 is 5.21. The quantitative estimate of drug-likeness (QED) is 0.341. The van der Waals surface area contributed by atoms with Crippen molar-refractivity contribution >= 4 is 35.4 Å². The van der Waals surface area contributed by atoms with Gasteiger partial charge in [-0.25, -0.2) is 4.79 Å². The maximum Gasteiger partial charge on any atom is 0.407 e. The van der Waals surface area contributed by atoms with Crippen molar-refractivity contribution in [2.75, 3.05) is 25.5 Å². The number of alkyl carbamates (subject to hydrolysis) is 1. The lowest BCUT2D eigenvalue weighted by Crippen LogP contribution is -2.54. The van der Waals surface area contributed by atoms with Crippen LogP contribution in [-0.2, 0) is 14.3 Å². The van der Waals surface area contributed by atoms with E-state index in [4.69, 9.17) is 4.74 Å². The molecule has 1 aromatic carbocycles. The lowest BCUT2D eigenvalue weighted by atomic mass is 10.0. The molecule has 1 fully saturated rings. The van der Waals surface area contributed by atoms with Gasteiger partial charge in [0.2, 0.25) is 5.91 Å². The molecule has 1 atom stereocenters. The highest BCUT2D eigenvalue weighted by molar-refractivity contribution is 6.25. The van der Waals surface area contributed by atoms with Gasteiger partial charge < -0.3 is 15.4 Å². The number of hydrogen-bond acceptors (Lipinski definition) is 7. The second-order valence-electron chi connectivity index (χ2n) is 10.5. The maximum absolute atomic E-state index is 13.2. The van der Waals surface area contributed by atoms with Crippen LogP contribution in [0.4, 0.5) is 10.5 Å². The fourth-order valence-corrected chi connectivity index (χ4v) is 4.56. The molecule has 202 valence electrons. The Morgan fingerprint density at radius 1 is 0.973 bits per heavy atom. The normalized spacial score (nSPS) is 17.8. The number of ether oxygens (including phenoxy) is 1. The Hall–Kier alpha value is -3.43. The highest BCUT2D eigenvalue weighted by Crippen LogP contribution is 2.33. The monoisotopic (exact) mass is 514 g/mol. The average molecular weight is 515 g/mol. The van der Waals surface area contributed by atoms with E-state index in [2.05, 4.69) is 10.6 Å². The van der Waals surface area contributed by atoms with E-state index in [1.165, 1.54) is 7.05 Å². The van der Waals surface area contributed by atoms with Crippen molar-refractivity contribution in [3.8, 4) is 0 Å². The van der Waals surface area contributed by atoms with E-state index >= 15 is 0 Å². The van der Waals surface area contributed by atoms with E-state index in [0.29, 0.717) is 18.8 Å². The van der Waals surface area contributed by atoms with E-state index in [-0.39, 0.29) is 36.0 Å². The van der Waals surface area contributed by atoms with Crippen LogP contribution in [0.3, 0.4) is 0 Å². The molecule has 2 aliphatic heterocycles. The molecule has 0 aliphatic carbocycles. The summed E-state index contributed by atoms with van der Waals surface area (Å²) in [5, 5.41) is 6.04. The van der Waals surface area contributed by atoms with E-state index in [1.54, 1.807) is 18.2 Å². The van der Waals surface area contributed by atoms with Crippen LogP contribution in [0.5, 0.6) is 0 Å². The molecule has 2 N–H and O–H groups in total. The van der Waals surface area contributed by atoms with Gasteiger partial charge in [0.25, 0.3) is 17.7 Å². The Labute approximate surface area is 218 Å². The Balaban J connectivity index is 1.40. The molecule has 10 heteroatoms. The van der Waals surface area contributed by atoms with Crippen LogP contribution >= 0.6 is 0 Å². The Kier molecular flexibility index (Phi) is 9.29. The molecule has 2 heterocycles. The predicted octanol–water partition coefficient (Wildman–Crippen LogP) is 3.71. The zero-order valence-electron chi connectivity index (χ0n) is 22.2. The largest absolute Gasteiger partial charge is 0.444 e. The molecular formula is C27H38N4O6. The Morgan fingerprint density at radius 3 is 2.30 bits per heavy atom. The average Bonchev–Trinajstić information content (AvgIpc) is 3.08. The topological polar surface area (TPSA) is 125 Å². The molecule has 5 amide bonds. The van der Waals surface area contributed by atoms with Gasteiger partial charge in [0.1, 0.15) is 11.6 Å². The lowest BCUT2D eigenvalue weighted by molar-refractivity contribution is -0.149. The molecular weight excluding hydrogens is 476 g/mol. The fraction of sp³-hybridized carbons (Fsp3) is 0.593. The van der Waals surface area contributed by atoms with Crippen molar-refractivity contribution in [3.05, 3.63) is 29.3 Å². The molecule has 0 radical (unpaired) electrons. The number of nitrogens with one attached hydrogen (secondary N) is 2. The molecule has 1 aromatic rings. The number of anilines is 1. The van der Waals surface area contributed by atoms with Gasteiger partial charge in [-0.1, -0.05) is 31.7 Å². The number of amides is 5. The first-order valence-corrected chi connectivity index (χ1v) is 13.0. The van der Waals surface area contributed by atoms with Gasteiger partial charge in [-0.05, 0) is 52.2 Å². The summed E-state index contributed by atoms with van der Waals surface area (Å²) in [6, 6.07) is 4.13. The number of likely N-dealkylation sites (tertiary alicyclic amines) is 1. The molecule has 0 spiro atoms. The summed E-state index contributed by atoms with van der Waals surface area (Å²) in [5.41, 5.74) is 0.659.